The van der Waals surface area contributed by atoms with E-state index in [1.165, 1.54) is 51.2 Å². The van der Waals surface area contributed by atoms with Crippen molar-refractivity contribution in [1.82, 2.24) is 0 Å². The Morgan fingerprint density at radius 2 is 1.45 bits per heavy atom. The second-order valence-corrected chi connectivity index (χ2v) is 18.8. The van der Waals surface area contributed by atoms with Crippen LogP contribution in [0.4, 0.5) is 0 Å². The van der Waals surface area contributed by atoms with Gasteiger partial charge in [0.1, 0.15) is 6.10 Å². The number of carbonyl (C=O) groups is 4. The highest BCUT2D eigenvalue weighted by atomic mass is 16.6. The number of esters is 4. The van der Waals surface area contributed by atoms with Gasteiger partial charge in [-0.15, -0.1) is 0 Å². The summed E-state index contributed by atoms with van der Waals surface area (Å²) >= 11 is 0. The predicted octanol–water partition coefficient (Wildman–Crippen LogP) is 9.68. The molecule has 0 saturated heterocycles. The van der Waals surface area contributed by atoms with Crippen molar-refractivity contribution in [2.24, 2.45) is 56.7 Å². The maximum absolute atomic E-state index is 13.3. The zero-order valence-electron chi connectivity index (χ0n) is 33.6. The summed E-state index contributed by atoms with van der Waals surface area (Å²) in [5.74, 6) is 1.17. The van der Waals surface area contributed by atoms with Crippen molar-refractivity contribution in [2.45, 2.75) is 133 Å². The van der Waals surface area contributed by atoms with Gasteiger partial charge in [-0.1, -0.05) is 52.8 Å². The molecule has 53 heavy (non-hydrogen) atoms. The van der Waals surface area contributed by atoms with Gasteiger partial charge in [-0.05, 0) is 141 Å². The van der Waals surface area contributed by atoms with Crippen molar-refractivity contribution in [3.8, 4) is 11.5 Å². The Kier molecular flexibility index (Phi) is 10.4. The number of carbonyl (C=O) groups excluding carboxylic acids is 4. The fourth-order valence-corrected chi connectivity index (χ4v) is 13.4. The molecule has 290 valence electrons. The summed E-state index contributed by atoms with van der Waals surface area (Å²) in [5, 5.41) is 0. The topological polar surface area (TPSA) is 105 Å². The van der Waals surface area contributed by atoms with E-state index >= 15 is 0 Å². The quantitative estimate of drug-likeness (QED) is 0.113. The lowest BCUT2D eigenvalue weighted by molar-refractivity contribution is -0.251. The number of benzene rings is 1. The standard InChI is InChI=1S/C45H62O8/c1-27(2)32-17-22-45(26-50-28(3)46)24-23-43(9)33(40(32)45)13-15-37-42(8)20-19-38(41(6,7)36(42)18-21-44(37,43)10)53-39(49)16-12-31-11-14-34(51-29(4)47)35(25-31)52-30(5)48/h11-12,14,16,25,32-33,36-38,40H,1,13,15,17-24,26H2,2-10H3/t32-,33-,36-,37-,38+,40-,42+,43+,44-,45-/m1/s1. The fourth-order valence-electron chi connectivity index (χ4n) is 13.4. The molecule has 8 nitrogen and oxygen atoms in total. The Bertz CT molecular complexity index is 1690. The summed E-state index contributed by atoms with van der Waals surface area (Å²) in [6.45, 7) is 23.8. The molecule has 5 fully saturated rings. The van der Waals surface area contributed by atoms with Crippen molar-refractivity contribution in [3.63, 3.8) is 0 Å². The minimum atomic E-state index is -0.544. The van der Waals surface area contributed by atoms with Gasteiger partial charge in [0.15, 0.2) is 11.5 Å². The van der Waals surface area contributed by atoms with E-state index in [4.69, 9.17) is 18.9 Å². The molecule has 10 atom stereocenters. The summed E-state index contributed by atoms with van der Waals surface area (Å²) in [4.78, 5) is 48.6. The van der Waals surface area contributed by atoms with Crippen LogP contribution in [0.25, 0.3) is 6.08 Å². The SMILES string of the molecule is C=C(C)[C@H]1CC[C@]2(COC(C)=O)CC[C@@]3(C)[C@H](CC[C@@H]4[C@@]5(C)CC[C@H](OC(=O)C=Cc6ccc(OC(C)=O)c(OC(C)=O)c6)C(C)(C)[C@H]5CC[C@]43C)[C@@H]12. The Morgan fingerprint density at radius 3 is 2.11 bits per heavy atom. The monoisotopic (exact) mass is 730 g/mol. The van der Waals surface area contributed by atoms with Gasteiger partial charge < -0.3 is 18.9 Å². The zero-order chi connectivity index (χ0) is 38.7. The molecule has 0 aromatic heterocycles. The molecule has 0 heterocycles. The lowest BCUT2D eigenvalue weighted by Crippen LogP contribution is -2.67. The van der Waals surface area contributed by atoms with E-state index in [-0.39, 0.29) is 50.6 Å². The van der Waals surface area contributed by atoms with Crippen LogP contribution in [-0.2, 0) is 28.7 Å². The van der Waals surface area contributed by atoms with Crippen molar-refractivity contribution in [1.29, 1.82) is 0 Å². The van der Waals surface area contributed by atoms with E-state index in [9.17, 15) is 19.2 Å². The third-order valence-electron chi connectivity index (χ3n) is 15.9. The molecule has 1 aromatic rings. The Hall–Kier alpha value is -3.42. The van der Waals surface area contributed by atoms with Crippen LogP contribution in [0.15, 0.2) is 36.4 Å². The number of allylic oxidation sites excluding steroid dienone is 1. The van der Waals surface area contributed by atoms with Crippen LogP contribution < -0.4 is 9.47 Å². The van der Waals surface area contributed by atoms with E-state index in [2.05, 4.69) is 48.1 Å². The number of ether oxygens (including phenoxy) is 4. The smallest absolute Gasteiger partial charge is 0.331 e. The van der Waals surface area contributed by atoms with E-state index in [0.29, 0.717) is 41.8 Å². The minimum Gasteiger partial charge on any atom is -0.465 e. The predicted molar refractivity (Wildman–Crippen MR) is 204 cm³/mol. The van der Waals surface area contributed by atoms with Gasteiger partial charge in [0, 0.05) is 37.7 Å². The number of rotatable bonds is 8. The molecule has 0 spiro atoms. The third kappa shape index (κ3) is 6.68. The molecular weight excluding hydrogens is 668 g/mol. The average molecular weight is 731 g/mol. The highest BCUT2D eigenvalue weighted by Crippen LogP contribution is 2.77. The third-order valence-corrected chi connectivity index (χ3v) is 15.9. The van der Waals surface area contributed by atoms with E-state index in [1.807, 2.05) is 0 Å². The second-order valence-electron chi connectivity index (χ2n) is 18.8. The minimum absolute atomic E-state index is 0.0557. The maximum Gasteiger partial charge on any atom is 0.331 e. The molecule has 6 rings (SSSR count). The largest absolute Gasteiger partial charge is 0.465 e. The van der Waals surface area contributed by atoms with Gasteiger partial charge in [0.2, 0.25) is 0 Å². The maximum atomic E-state index is 13.3. The molecule has 0 unspecified atom stereocenters. The van der Waals surface area contributed by atoms with Crippen LogP contribution >= 0.6 is 0 Å². The van der Waals surface area contributed by atoms with Crippen LogP contribution in [-0.4, -0.2) is 36.6 Å². The van der Waals surface area contributed by atoms with Crippen LogP contribution in [0.2, 0.25) is 0 Å². The second kappa shape index (κ2) is 14.0. The summed E-state index contributed by atoms with van der Waals surface area (Å²) in [5.41, 5.74) is 2.27. The zero-order valence-corrected chi connectivity index (χ0v) is 33.6. The van der Waals surface area contributed by atoms with Gasteiger partial charge >= 0.3 is 23.9 Å². The molecule has 0 aliphatic heterocycles. The van der Waals surface area contributed by atoms with Gasteiger partial charge in [-0.3, -0.25) is 14.4 Å². The molecule has 0 amide bonds. The van der Waals surface area contributed by atoms with Crippen molar-refractivity contribution in [3.05, 3.63) is 42.0 Å². The van der Waals surface area contributed by atoms with Crippen molar-refractivity contribution >= 4 is 30.0 Å². The Balaban J connectivity index is 1.19. The molecule has 0 radical (unpaired) electrons. The van der Waals surface area contributed by atoms with Gasteiger partial charge in [0.05, 0.1) is 6.61 Å². The van der Waals surface area contributed by atoms with Crippen LogP contribution in [0.5, 0.6) is 11.5 Å². The molecule has 5 aliphatic carbocycles. The molecule has 0 N–H and O–H groups in total. The molecule has 5 aliphatic rings. The molecule has 5 saturated carbocycles. The average Bonchev–Trinajstić information content (AvgIpc) is 3.45. The number of hydrogen-bond acceptors (Lipinski definition) is 8. The van der Waals surface area contributed by atoms with Crippen molar-refractivity contribution in [2.75, 3.05) is 6.61 Å². The van der Waals surface area contributed by atoms with Crippen LogP contribution in [0.3, 0.4) is 0 Å². The molecule has 0 bridgehead atoms. The van der Waals surface area contributed by atoms with Gasteiger partial charge in [-0.2, -0.15) is 0 Å². The number of fused-ring (bicyclic) bond motifs is 7. The van der Waals surface area contributed by atoms with E-state index in [0.717, 1.165) is 38.5 Å². The van der Waals surface area contributed by atoms with Crippen LogP contribution in [0, 0.1) is 56.7 Å². The van der Waals surface area contributed by atoms with Crippen LogP contribution in [0.1, 0.15) is 132 Å². The fraction of sp³-hybridized carbons (Fsp3) is 0.689. The number of hydrogen-bond donors (Lipinski definition) is 0. The summed E-state index contributed by atoms with van der Waals surface area (Å²) in [6, 6.07) is 4.79. The first-order chi connectivity index (χ1) is 24.8. The van der Waals surface area contributed by atoms with Gasteiger partial charge in [0.25, 0.3) is 0 Å². The Morgan fingerprint density at radius 1 is 0.755 bits per heavy atom. The highest BCUT2D eigenvalue weighted by molar-refractivity contribution is 5.87. The molecular formula is C45H62O8. The van der Waals surface area contributed by atoms with E-state index < -0.39 is 17.9 Å². The molecule has 1 aromatic carbocycles. The molecule has 8 heteroatoms. The van der Waals surface area contributed by atoms with Crippen molar-refractivity contribution < 1.29 is 38.1 Å². The first-order valence-corrected chi connectivity index (χ1v) is 20.0. The normalized spacial score (nSPS) is 38.4. The summed E-state index contributed by atoms with van der Waals surface area (Å²) in [7, 11) is 0. The highest BCUT2D eigenvalue weighted by Gasteiger charge is 2.71. The Labute approximate surface area is 316 Å². The van der Waals surface area contributed by atoms with Gasteiger partial charge in [-0.25, -0.2) is 4.79 Å². The lowest BCUT2D eigenvalue weighted by Gasteiger charge is -2.73. The lowest BCUT2D eigenvalue weighted by atomic mass is 9.32. The first-order valence-electron chi connectivity index (χ1n) is 20.0. The first kappa shape index (κ1) is 39.3. The van der Waals surface area contributed by atoms with E-state index in [1.54, 1.807) is 31.2 Å². The summed E-state index contributed by atoms with van der Waals surface area (Å²) in [6.07, 6.45) is 14.0. The summed E-state index contributed by atoms with van der Waals surface area (Å²) < 4.78 is 22.5.